The molecule has 0 aliphatic heterocycles. The average Bonchev–Trinajstić information content (AvgIpc) is 2.86. The lowest BCUT2D eigenvalue weighted by molar-refractivity contribution is 0.0736. The minimum Gasteiger partial charge on any atom is -0.493 e. The van der Waals surface area contributed by atoms with Crippen LogP contribution < -0.4 is 15.0 Å². The standard InChI is InChI=1S/C26H24FN3O4/c1-33-22-12-11-17(15-23(22)34-2)13-14-30(26(32)18-7-3-5-9-20(18)27)16-24-28-21-10-6-4-8-19(21)25(31)29-24/h3-12,15H,13-14,16H2,1-2H3,(H,28,29,31). The summed E-state index contributed by atoms with van der Waals surface area (Å²) in [6.07, 6.45) is 0.471. The van der Waals surface area contributed by atoms with E-state index in [4.69, 9.17) is 9.47 Å². The van der Waals surface area contributed by atoms with Gasteiger partial charge in [0.05, 0.1) is 37.2 Å². The fourth-order valence-corrected chi connectivity index (χ4v) is 3.75. The number of fused-ring (bicyclic) bond motifs is 1. The van der Waals surface area contributed by atoms with Crippen molar-refractivity contribution in [1.29, 1.82) is 0 Å². The van der Waals surface area contributed by atoms with Crippen molar-refractivity contribution in [3.8, 4) is 11.5 Å². The number of methoxy groups -OCH3 is 2. The number of carbonyl (C=O) groups is 1. The Kier molecular flexibility index (Phi) is 6.87. The van der Waals surface area contributed by atoms with E-state index in [1.54, 1.807) is 50.6 Å². The quantitative estimate of drug-likeness (QED) is 0.429. The fraction of sp³-hybridized carbons (Fsp3) is 0.192. The first-order valence-electron chi connectivity index (χ1n) is 10.7. The number of amides is 1. The van der Waals surface area contributed by atoms with Gasteiger partial charge in [-0.05, 0) is 48.4 Å². The molecular weight excluding hydrogens is 437 g/mol. The smallest absolute Gasteiger partial charge is 0.258 e. The molecule has 34 heavy (non-hydrogen) atoms. The van der Waals surface area contributed by atoms with Crippen LogP contribution >= 0.6 is 0 Å². The monoisotopic (exact) mass is 461 g/mol. The molecule has 0 bridgehead atoms. The van der Waals surface area contributed by atoms with E-state index in [2.05, 4.69) is 9.97 Å². The molecule has 0 saturated heterocycles. The summed E-state index contributed by atoms with van der Waals surface area (Å²) in [6, 6.07) is 18.3. The van der Waals surface area contributed by atoms with E-state index in [1.807, 2.05) is 12.1 Å². The zero-order valence-electron chi connectivity index (χ0n) is 18.9. The topological polar surface area (TPSA) is 84.5 Å². The van der Waals surface area contributed by atoms with Crippen LogP contribution in [0.5, 0.6) is 11.5 Å². The van der Waals surface area contributed by atoms with Crippen LogP contribution in [0, 0.1) is 5.82 Å². The Morgan fingerprint density at radius 1 is 1.00 bits per heavy atom. The van der Waals surface area contributed by atoms with E-state index in [0.29, 0.717) is 34.6 Å². The second kappa shape index (κ2) is 10.2. The first-order valence-corrected chi connectivity index (χ1v) is 10.7. The first-order chi connectivity index (χ1) is 16.5. The van der Waals surface area contributed by atoms with Crippen molar-refractivity contribution in [2.75, 3.05) is 20.8 Å². The fourth-order valence-electron chi connectivity index (χ4n) is 3.75. The molecule has 0 aliphatic rings. The maximum absolute atomic E-state index is 14.4. The lowest BCUT2D eigenvalue weighted by Gasteiger charge is -2.23. The third-order valence-electron chi connectivity index (χ3n) is 5.51. The number of nitrogens with zero attached hydrogens (tertiary/aromatic N) is 2. The van der Waals surface area contributed by atoms with Gasteiger partial charge in [0.25, 0.3) is 11.5 Å². The van der Waals surface area contributed by atoms with Gasteiger partial charge >= 0.3 is 0 Å². The largest absolute Gasteiger partial charge is 0.493 e. The number of benzene rings is 3. The molecule has 7 nitrogen and oxygen atoms in total. The molecule has 0 radical (unpaired) electrons. The highest BCUT2D eigenvalue weighted by Gasteiger charge is 2.21. The van der Waals surface area contributed by atoms with Gasteiger partial charge in [-0.3, -0.25) is 9.59 Å². The van der Waals surface area contributed by atoms with Crippen LogP contribution in [-0.2, 0) is 13.0 Å². The van der Waals surface area contributed by atoms with Crippen molar-refractivity contribution in [1.82, 2.24) is 14.9 Å². The molecule has 0 fully saturated rings. The van der Waals surface area contributed by atoms with Gasteiger partial charge in [-0.15, -0.1) is 0 Å². The zero-order valence-corrected chi connectivity index (χ0v) is 18.9. The van der Waals surface area contributed by atoms with Gasteiger partial charge in [-0.2, -0.15) is 0 Å². The number of para-hydroxylation sites is 1. The zero-order chi connectivity index (χ0) is 24.1. The number of hydrogen-bond donors (Lipinski definition) is 1. The number of nitrogens with one attached hydrogen (secondary N) is 1. The number of aromatic amines is 1. The highest BCUT2D eigenvalue weighted by Crippen LogP contribution is 2.28. The number of aromatic nitrogens is 2. The molecule has 3 aromatic carbocycles. The molecule has 8 heteroatoms. The second-order valence-electron chi connectivity index (χ2n) is 7.68. The van der Waals surface area contributed by atoms with Crippen molar-refractivity contribution in [3.63, 3.8) is 0 Å². The lowest BCUT2D eigenvalue weighted by Crippen LogP contribution is -2.34. The summed E-state index contributed by atoms with van der Waals surface area (Å²) >= 11 is 0. The molecule has 0 atom stereocenters. The van der Waals surface area contributed by atoms with Crippen molar-refractivity contribution in [2.24, 2.45) is 0 Å². The van der Waals surface area contributed by atoms with Crippen LogP contribution in [0.1, 0.15) is 21.7 Å². The summed E-state index contributed by atoms with van der Waals surface area (Å²) in [5.74, 6) is 0.398. The minimum absolute atomic E-state index is 0.0144. The second-order valence-corrected chi connectivity index (χ2v) is 7.68. The Hall–Kier alpha value is -4.20. The summed E-state index contributed by atoms with van der Waals surface area (Å²) in [5.41, 5.74) is 1.10. The van der Waals surface area contributed by atoms with E-state index < -0.39 is 11.7 Å². The van der Waals surface area contributed by atoms with E-state index in [9.17, 15) is 14.0 Å². The molecule has 0 unspecified atom stereocenters. The normalized spacial score (nSPS) is 10.8. The summed E-state index contributed by atoms with van der Waals surface area (Å²) in [4.78, 5) is 34.5. The molecule has 1 amide bonds. The Labute approximate surface area is 195 Å². The Balaban J connectivity index is 1.64. The third-order valence-corrected chi connectivity index (χ3v) is 5.51. The van der Waals surface area contributed by atoms with Crippen LogP contribution in [0.4, 0.5) is 4.39 Å². The predicted octanol–water partition coefficient (Wildman–Crippen LogP) is 3.96. The van der Waals surface area contributed by atoms with Crippen LogP contribution in [-0.4, -0.2) is 41.5 Å². The Morgan fingerprint density at radius 3 is 2.50 bits per heavy atom. The van der Waals surface area contributed by atoms with Crippen molar-refractivity contribution in [2.45, 2.75) is 13.0 Å². The number of carbonyl (C=O) groups excluding carboxylic acids is 1. The van der Waals surface area contributed by atoms with Crippen LogP contribution in [0.3, 0.4) is 0 Å². The predicted molar refractivity (Wildman–Crippen MR) is 127 cm³/mol. The average molecular weight is 461 g/mol. The van der Waals surface area contributed by atoms with Gasteiger partial charge in [0.1, 0.15) is 11.6 Å². The van der Waals surface area contributed by atoms with Crippen LogP contribution in [0.25, 0.3) is 10.9 Å². The van der Waals surface area contributed by atoms with Crippen LogP contribution in [0.2, 0.25) is 0 Å². The van der Waals surface area contributed by atoms with E-state index in [1.165, 1.54) is 23.1 Å². The van der Waals surface area contributed by atoms with Gasteiger partial charge in [0, 0.05) is 6.54 Å². The highest BCUT2D eigenvalue weighted by atomic mass is 19.1. The number of hydrogen-bond acceptors (Lipinski definition) is 5. The number of rotatable bonds is 8. The Bertz CT molecular complexity index is 1390. The molecule has 0 saturated carbocycles. The highest BCUT2D eigenvalue weighted by molar-refractivity contribution is 5.94. The van der Waals surface area contributed by atoms with Gasteiger partial charge in [0.15, 0.2) is 11.5 Å². The molecule has 1 N–H and O–H groups in total. The van der Waals surface area contributed by atoms with Gasteiger partial charge < -0.3 is 19.4 Å². The van der Waals surface area contributed by atoms with E-state index in [0.717, 1.165) is 5.56 Å². The number of H-pyrrole nitrogens is 1. The number of ether oxygens (including phenoxy) is 2. The lowest BCUT2D eigenvalue weighted by atomic mass is 10.1. The number of halogens is 1. The van der Waals surface area contributed by atoms with E-state index in [-0.39, 0.29) is 24.2 Å². The molecule has 0 aliphatic carbocycles. The van der Waals surface area contributed by atoms with Crippen LogP contribution in [0.15, 0.2) is 71.5 Å². The van der Waals surface area contributed by atoms with Gasteiger partial charge in [-0.1, -0.05) is 30.3 Å². The molecule has 174 valence electrons. The maximum Gasteiger partial charge on any atom is 0.258 e. The molecule has 4 rings (SSSR count). The molecule has 1 aromatic heterocycles. The summed E-state index contributed by atoms with van der Waals surface area (Å²) in [7, 11) is 3.11. The third kappa shape index (κ3) is 4.91. The van der Waals surface area contributed by atoms with Crippen molar-refractivity contribution < 1.29 is 18.7 Å². The summed E-state index contributed by atoms with van der Waals surface area (Å²) in [5, 5.41) is 0.462. The van der Waals surface area contributed by atoms with Crippen molar-refractivity contribution in [3.05, 3.63) is 99.9 Å². The SMILES string of the molecule is COc1ccc(CCN(Cc2nc3ccccc3c(=O)[nH]2)C(=O)c2ccccc2F)cc1OC. The minimum atomic E-state index is -0.608. The van der Waals surface area contributed by atoms with Crippen molar-refractivity contribution >= 4 is 16.8 Å². The first kappa shape index (κ1) is 23.0. The van der Waals surface area contributed by atoms with Gasteiger partial charge in [-0.25, -0.2) is 9.37 Å². The molecule has 1 heterocycles. The maximum atomic E-state index is 14.4. The Morgan fingerprint density at radius 2 is 1.74 bits per heavy atom. The molecule has 4 aromatic rings. The summed E-state index contributed by atoms with van der Waals surface area (Å²) in [6.45, 7) is 0.277. The van der Waals surface area contributed by atoms with E-state index >= 15 is 0 Å². The van der Waals surface area contributed by atoms with Gasteiger partial charge in [0.2, 0.25) is 0 Å². The summed E-state index contributed by atoms with van der Waals surface area (Å²) < 4.78 is 25.0. The molecule has 0 spiro atoms. The molecular formula is C26H24FN3O4.